The van der Waals surface area contributed by atoms with Gasteiger partial charge < -0.3 is 30.3 Å². The van der Waals surface area contributed by atoms with Crippen LogP contribution >= 0.6 is 11.8 Å². The molecule has 0 radical (unpaired) electrons. The van der Waals surface area contributed by atoms with Gasteiger partial charge in [0.1, 0.15) is 11.8 Å². The van der Waals surface area contributed by atoms with Gasteiger partial charge in [0, 0.05) is 31.3 Å². The molecule has 1 aromatic carbocycles. The van der Waals surface area contributed by atoms with Crippen LogP contribution in [-0.2, 0) is 19.1 Å². The van der Waals surface area contributed by atoms with Crippen molar-refractivity contribution < 1.29 is 28.7 Å². The summed E-state index contributed by atoms with van der Waals surface area (Å²) in [4.78, 5) is 50.7. The molecule has 1 aliphatic heterocycles. The summed E-state index contributed by atoms with van der Waals surface area (Å²) in [6.07, 6.45) is 2.86. The minimum atomic E-state index is -0.830. The standard InChI is InChI=1S/C21H30N4O6S/c1-30-15-7-4-6-14(12-15)23-21(29)24-16-9-11-25(17(26)13-32-3)19(16)20(28)22-10-5-8-18(27)31-2/h4,6-7,12,16,19H,5,8-11,13H2,1-3H3,(H,22,28)(H2,23,24,29)/t16-,19+/m1/s1. The van der Waals surface area contributed by atoms with Crippen molar-refractivity contribution in [3.8, 4) is 5.75 Å². The lowest BCUT2D eigenvalue weighted by Crippen LogP contribution is -2.55. The molecule has 10 nitrogen and oxygen atoms in total. The third-order valence-electron chi connectivity index (χ3n) is 4.98. The Morgan fingerprint density at radius 3 is 2.69 bits per heavy atom. The van der Waals surface area contributed by atoms with Gasteiger partial charge >= 0.3 is 12.0 Å². The highest BCUT2D eigenvalue weighted by atomic mass is 32.2. The summed E-state index contributed by atoms with van der Waals surface area (Å²) in [5.74, 6) is -0.0416. The maximum atomic E-state index is 12.9. The van der Waals surface area contributed by atoms with Gasteiger partial charge in [0.15, 0.2) is 0 Å². The van der Waals surface area contributed by atoms with E-state index in [0.717, 1.165) is 0 Å². The number of hydrogen-bond acceptors (Lipinski definition) is 7. The van der Waals surface area contributed by atoms with Gasteiger partial charge in [-0.15, -0.1) is 0 Å². The fourth-order valence-electron chi connectivity index (χ4n) is 3.44. The molecule has 0 spiro atoms. The van der Waals surface area contributed by atoms with E-state index < -0.39 is 18.1 Å². The molecule has 0 bridgehead atoms. The first-order valence-electron chi connectivity index (χ1n) is 10.2. The van der Waals surface area contributed by atoms with Gasteiger partial charge in [0.05, 0.1) is 26.0 Å². The topological polar surface area (TPSA) is 126 Å². The van der Waals surface area contributed by atoms with Crippen molar-refractivity contribution in [2.75, 3.05) is 44.6 Å². The number of likely N-dealkylation sites (tertiary alicyclic amines) is 1. The Morgan fingerprint density at radius 1 is 1.22 bits per heavy atom. The number of nitrogens with one attached hydrogen (secondary N) is 3. The van der Waals surface area contributed by atoms with Crippen LogP contribution in [-0.4, -0.2) is 80.1 Å². The smallest absolute Gasteiger partial charge is 0.319 e. The molecule has 2 atom stereocenters. The van der Waals surface area contributed by atoms with Gasteiger partial charge in [0.25, 0.3) is 0 Å². The first-order chi connectivity index (χ1) is 15.4. The first kappa shape index (κ1) is 25.3. The van der Waals surface area contributed by atoms with E-state index in [2.05, 4.69) is 20.7 Å². The van der Waals surface area contributed by atoms with Gasteiger partial charge in [-0.1, -0.05) is 6.07 Å². The molecule has 11 heteroatoms. The second kappa shape index (κ2) is 12.8. The second-order valence-corrected chi connectivity index (χ2v) is 8.03. The van der Waals surface area contributed by atoms with Crippen molar-refractivity contribution in [3.63, 3.8) is 0 Å². The molecule has 176 valence electrons. The molecule has 4 amide bonds. The van der Waals surface area contributed by atoms with Crippen molar-refractivity contribution in [1.82, 2.24) is 15.5 Å². The highest BCUT2D eigenvalue weighted by Crippen LogP contribution is 2.21. The first-order valence-corrected chi connectivity index (χ1v) is 11.6. The van der Waals surface area contributed by atoms with Gasteiger partial charge in [-0.25, -0.2) is 4.79 Å². The molecular weight excluding hydrogens is 436 g/mol. The molecular formula is C21H30N4O6S. The zero-order chi connectivity index (χ0) is 23.5. The van der Waals surface area contributed by atoms with E-state index in [9.17, 15) is 19.2 Å². The Bertz CT molecular complexity index is 821. The number of nitrogens with zero attached hydrogens (tertiary/aromatic N) is 1. The zero-order valence-corrected chi connectivity index (χ0v) is 19.3. The number of anilines is 1. The van der Waals surface area contributed by atoms with Crippen LogP contribution in [0.2, 0.25) is 0 Å². The van der Waals surface area contributed by atoms with Crippen molar-refractivity contribution in [1.29, 1.82) is 0 Å². The number of amides is 4. The van der Waals surface area contributed by atoms with Crippen molar-refractivity contribution in [2.45, 2.75) is 31.3 Å². The van der Waals surface area contributed by atoms with Gasteiger partial charge in [-0.3, -0.25) is 14.4 Å². The maximum absolute atomic E-state index is 12.9. The van der Waals surface area contributed by atoms with Gasteiger partial charge in [-0.05, 0) is 31.2 Å². The van der Waals surface area contributed by atoms with Crippen LogP contribution in [0.1, 0.15) is 19.3 Å². The number of esters is 1. The van der Waals surface area contributed by atoms with Gasteiger partial charge in [0.2, 0.25) is 11.8 Å². The minimum Gasteiger partial charge on any atom is -0.497 e. The van der Waals surface area contributed by atoms with Crippen molar-refractivity contribution in [2.24, 2.45) is 0 Å². The predicted molar refractivity (Wildman–Crippen MR) is 122 cm³/mol. The summed E-state index contributed by atoms with van der Waals surface area (Å²) < 4.78 is 9.74. The predicted octanol–water partition coefficient (Wildman–Crippen LogP) is 1.22. The van der Waals surface area contributed by atoms with Crippen LogP contribution in [0.4, 0.5) is 10.5 Å². The average molecular weight is 467 g/mol. The monoisotopic (exact) mass is 466 g/mol. The van der Waals surface area contributed by atoms with E-state index in [-0.39, 0.29) is 36.5 Å². The number of thioether (sulfide) groups is 1. The second-order valence-electron chi connectivity index (χ2n) is 7.16. The Kier molecular flexibility index (Phi) is 10.1. The number of urea groups is 1. The molecule has 3 N–H and O–H groups in total. The van der Waals surface area contributed by atoms with Crippen LogP contribution in [0.15, 0.2) is 24.3 Å². The van der Waals surface area contributed by atoms with E-state index in [4.69, 9.17) is 4.74 Å². The molecule has 2 rings (SSSR count). The molecule has 1 fully saturated rings. The summed E-state index contributed by atoms with van der Waals surface area (Å²) >= 11 is 1.37. The quantitative estimate of drug-likeness (QED) is 0.350. The highest BCUT2D eigenvalue weighted by Gasteiger charge is 2.42. The lowest BCUT2D eigenvalue weighted by Gasteiger charge is -2.27. The van der Waals surface area contributed by atoms with Crippen LogP contribution < -0.4 is 20.7 Å². The number of rotatable bonds is 10. The van der Waals surface area contributed by atoms with E-state index in [0.29, 0.717) is 30.8 Å². The Hall–Kier alpha value is -2.95. The third-order valence-corrected chi connectivity index (χ3v) is 5.52. The number of carbonyl (C=O) groups is 4. The number of methoxy groups -OCH3 is 2. The van der Waals surface area contributed by atoms with Crippen LogP contribution in [0, 0.1) is 0 Å². The number of ether oxygens (including phenoxy) is 2. The largest absolute Gasteiger partial charge is 0.497 e. The summed E-state index contributed by atoms with van der Waals surface area (Å²) in [7, 11) is 2.84. The average Bonchev–Trinajstić information content (AvgIpc) is 3.20. The summed E-state index contributed by atoms with van der Waals surface area (Å²) in [6.45, 7) is 0.626. The minimum absolute atomic E-state index is 0.162. The molecule has 1 aliphatic rings. The van der Waals surface area contributed by atoms with Gasteiger partial charge in [-0.2, -0.15) is 11.8 Å². The number of carbonyl (C=O) groups excluding carboxylic acids is 4. The highest BCUT2D eigenvalue weighted by molar-refractivity contribution is 7.99. The molecule has 0 saturated carbocycles. The van der Waals surface area contributed by atoms with Crippen molar-refractivity contribution >= 4 is 41.3 Å². The SMILES string of the molecule is COC(=O)CCCNC(=O)[C@@H]1[C@H](NC(=O)Nc2cccc(OC)c2)CCN1C(=O)CSC. The summed E-state index contributed by atoms with van der Waals surface area (Å²) in [5, 5.41) is 8.30. The number of hydrogen-bond donors (Lipinski definition) is 3. The van der Waals surface area contributed by atoms with Crippen LogP contribution in [0.5, 0.6) is 5.75 Å². The fraction of sp³-hybridized carbons (Fsp3) is 0.524. The van der Waals surface area contributed by atoms with Crippen LogP contribution in [0.3, 0.4) is 0 Å². The molecule has 0 aromatic heterocycles. The molecule has 0 aliphatic carbocycles. The zero-order valence-electron chi connectivity index (χ0n) is 18.5. The number of benzene rings is 1. The van der Waals surface area contributed by atoms with E-state index in [1.54, 1.807) is 24.3 Å². The Balaban J connectivity index is 2.02. The molecule has 1 aromatic rings. The molecule has 1 heterocycles. The normalized spacial score (nSPS) is 17.4. The van der Waals surface area contributed by atoms with E-state index in [1.165, 1.54) is 30.9 Å². The van der Waals surface area contributed by atoms with Crippen molar-refractivity contribution in [3.05, 3.63) is 24.3 Å². The molecule has 0 unspecified atom stereocenters. The Morgan fingerprint density at radius 2 is 2.00 bits per heavy atom. The summed E-state index contributed by atoms with van der Waals surface area (Å²) in [6, 6.07) is 5.04. The van der Waals surface area contributed by atoms with E-state index >= 15 is 0 Å². The molecule has 32 heavy (non-hydrogen) atoms. The van der Waals surface area contributed by atoms with E-state index in [1.807, 2.05) is 6.26 Å². The summed E-state index contributed by atoms with van der Waals surface area (Å²) in [5.41, 5.74) is 0.541. The van der Waals surface area contributed by atoms with Crippen LogP contribution in [0.25, 0.3) is 0 Å². The lowest BCUT2D eigenvalue weighted by atomic mass is 10.1. The third kappa shape index (κ3) is 7.33. The fourth-order valence-corrected chi connectivity index (χ4v) is 3.85. The maximum Gasteiger partial charge on any atom is 0.319 e. The lowest BCUT2D eigenvalue weighted by molar-refractivity contribution is -0.140. The molecule has 1 saturated heterocycles. The Labute approximate surface area is 191 Å².